The van der Waals surface area contributed by atoms with Gasteiger partial charge in [-0.15, -0.1) is 6.58 Å². The van der Waals surface area contributed by atoms with Crippen molar-refractivity contribution in [2.75, 3.05) is 13.2 Å². The molecule has 0 radical (unpaired) electrons. The minimum absolute atomic E-state index is 0.0393. The number of nitrogens with one attached hydrogen (secondary N) is 1. The first-order chi connectivity index (χ1) is 22.0. The van der Waals surface area contributed by atoms with Gasteiger partial charge in [-0.1, -0.05) is 94.7 Å². The van der Waals surface area contributed by atoms with Gasteiger partial charge >= 0.3 is 12.1 Å². The van der Waals surface area contributed by atoms with Crippen LogP contribution in [-0.2, 0) is 39.8 Å². The number of alkyl halides is 2. The number of fused-ring (bicyclic) bond motifs is 1. The number of amides is 1. The monoisotopic (exact) mass is 655 g/mol. The van der Waals surface area contributed by atoms with Gasteiger partial charge in [0, 0.05) is 0 Å². The standard InChI is InChI=1S/C34H51F2NO9/c1-5-7-8-9-10-11-12-13-17-20-26(45-32(40)42-22-24-18-15-14-16-19-24)34(35,36)31(39)37-27-28(38)29-25(23-43-33(3,4)46-29)44-30(27)41-21-6-2/h6,14-16,18-19,25-30,38H,2,5,7-13,17,20-23H2,1,3-4H3,(H,37,39)/t25-,26?,27-,28-,29-,30-/m1/s1. The average Bonchev–Trinajstić information content (AvgIpc) is 3.03. The number of aliphatic hydroxyl groups excluding tert-OH is 1. The molecule has 2 heterocycles. The van der Waals surface area contributed by atoms with E-state index in [0.717, 1.165) is 32.1 Å². The maximum absolute atomic E-state index is 15.9. The van der Waals surface area contributed by atoms with E-state index in [9.17, 15) is 14.7 Å². The van der Waals surface area contributed by atoms with E-state index in [4.69, 9.17) is 28.4 Å². The number of benzene rings is 1. The van der Waals surface area contributed by atoms with Crippen LogP contribution in [0.25, 0.3) is 0 Å². The number of carbonyl (C=O) groups excluding carboxylic acids is 2. The number of ether oxygens (including phenoxy) is 6. The van der Waals surface area contributed by atoms with Gasteiger partial charge in [0.25, 0.3) is 5.91 Å². The van der Waals surface area contributed by atoms with Gasteiger partial charge in [-0.3, -0.25) is 4.79 Å². The Morgan fingerprint density at radius 3 is 2.41 bits per heavy atom. The van der Waals surface area contributed by atoms with Crippen molar-refractivity contribution in [3.63, 3.8) is 0 Å². The molecule has 46 heavy (non-hydrogen) atoms. The zero-order valence-corrected chi connectivity index (χ0v) is 27.3. The smallest absolute Gasteiger partial charge is 0.429 e. The zero-order chi connectivity index (χ0) is 33.6. The predicted molar refractivity (Wildman–Crippen MR) is 166 cm³/mol. The second kappa shape index (κ2) is 18.6. The summed E-state index contributed by atoms with van der Waals surface area (Å²) in [4.78, 5) is 25.8. The SMILES string of the molecule is C=CCO[C@@H]1O[C@@H]2COC(C)(C)O[C@H]2[C@H](O)[C@H]1NC(=O)C(F)(F)C(CCCCCCCCCCC)OC(=O)OCc1ccccc1. The molecule has 260 valence electrons. The van der Waals surface area contributed by atoms with Crippen LogP contribution in [0, 0.1) is 0 Å². The molecule has 10 nitrogen and oxygen atoms in total. The number of hydrogen-bond acceptors (Lipinski definition) is 9. The van der Waals surface area contributed by atoms with Crippen molar-refractivity contribution in [3.05, 3.63) is 48.6 Å². The fraction of sp³-hybridized carbons (Fsp3) is 0.706. The third kappa shape index (κ3) is 11.6. The Morgan fingerprint density at radius 1 is 1.11 bits per heavy atom. The molecule has 2 aliphatic rings. The van der Waals surface area contributed by atoms with Crippen molar-refractivity contribution in [1.29, 1.82) is 0 Å². The van der Waals surface area contributed by atoms with Crippen LogP contribution < -0.4 is 5.32 Å². The highest BCUT2D eigenvalue weighted by atomic mass is 19.3. The second-order valence-electron chi connectivity index (χ2n) is 12.3. The predicted octanol–water partition coefficient (Wildman–Crippen LogP) is 6.19. The van der Waals surface area contributed by atoms with E-state index in [2.05, 4.69) is 18.8 Å². The van der Waals surface area contributed by atoms with E-state index in [1.54, 1.807) is 44.2 Å². The Balaban J connectivity index is 1.68. The molecule has 2 saturated heterocycles. The number of aliphatic hydroxyl groups is 1. The Kier molecular flexibility index (Phi) is 15.3. The maximum Gasteiger partial charge on any atom is 0.509 e. The fourth-order valence-electron chi connectivity index (χ4n) is 5.52. The van der Waals surface area contributed by atoms with E-state index in [1.807, 2.05) is 0 Å². The normalized spacial score (nSPS) is 24.8. The Labute approximate surface area is 271 Å². The highest BCUT2D eigenvalue weighted by Crippen LogP contribution is 2.34. The van der Waals surface area contributed by atoms with Crippen molar-refractivity contribution >= 4 is 12.1 Å². The first-order valence-corrected chi connectivity index (χ1v) is 16.4. The molecule has 6 atom stereocenters. The van der Waals surface area contributed by atoms with Crippen LogP contribution in [0.1, 0.15) is 90.5 Å². The van der Waals surface area contributed by atoms with Gasteiger partial charge < -0.3 is 38.8 Å². The molecule has 1 unspecified atom stereocenters. The second-order valence-corrected chi connectivity index (χ2v) is 12.3. The lowest BCUT2D eigenvalue weighted by Gasteiger charge is -2.49. The van der Waals surface area contributed by atoms with Gasteiger partial charge in [0.05, 0.1) is 13.2 Å². The lowest BCUT2D eigenvalue weighted by atomic mass is 9.94. The Hall–Kier alpha value is -2.64. The summed E-state index contributed by atoms with van der Waals surface area (Å²) in [6, 6.07) is 7.28. The molecule has 2 fully saturated rings. The third-order valence-electron chi connectivity index (χ3n) is 8.08. The van der Waals surface area contributed by atoms with Crippen LogP contribution in [0.15, 0.2) is 43.0 Å². The molecular weight excluding hydrogens is 604 g/mol. The van der Waals surface area contributed by atoms with Gasteiger partial charge in [-0.2, -0.15) is 8.78 Å². The topological polar surface area (TPSA) is 122 Å². The van der Waals surface area contributed by atoms with Crippen LogP contribution in [-0.4, -0.2) is 78.8 Å². The molecule has 2 aliphatic heterocycles. The molecule has 12 heteroatoms. The molecule has 1 amide bonds. The third-order valence-corrected chi connectivity index (χ3v) is 8.08. The van der Waals surface area contributed by atoms with Gasteiger partial charge in [0.15, 0.2) is 18.2 Å². The van der Waals surface area contributed by atoms with Gasteiger partial charge in [-0.05, 0) is 32.3 Å². The molecule has 0 saturated carbocycles. The molecule has 0 bridgehead atoms. The average molecular weight is 656 g/mol. The van der Waals surface area contributed by atoms with Crippen LogP contribution in [0.4, 0.5) is 13.6 Å². The molecule has 0 spiro atoms. The molecule has 0 aromatic heterocycles. The molecule has 1 aromatic rings. The van der Waals surface area contributed by atoms with Crippen molar-refractivity contribution < 1.29 is 51.9 Å². The van der Waals surface area contributed by atoms with Crippen LogP contribution in [0.5, 0.6) is 0 Å². The number of carbonyl (C=O) groups is 2. The van der Waals surface area contributed by atoms with Crippen LogP contribution >= 0.6 is 0 Å². The Morgan fingerprint density at radius 2 is 1.76 bits per heavy atom. The lowest BCUT2D eigenvalue weighted by Crippen LogP contribution is -2.69. The minimum atomic E-state index is -4.18. The summed E-state index contributed by atoms with van der Waals surface area (Å²) in [5.41, 5.74) is 0.646. The highest BCUT2D eigenvalue weighted by Gasteiger charge is 2.55. The van der Waals surface area contributed by atoms with E-state index in [-0.39, 0.29) is 26.2 Å². The summed E-state index contributed by atoms with van der Waals surface area (Å²) in [6.45, 7) is 8.85. The summed E-state index contributed by atoms with van der Waals surface area (Å²) in [7, 11) is 0. The lowest BCUT2D eigenvalue weighted by molar-refractivity contribution is -0.368. The molecule has 2 N–H and O–H groups in total. The summed E-state index contributed by atoms with van der Waals surface area (Å²) in [5, 5.41) is 13.4. The number of hydrogen-bond donors (Lipinski definition) is 2. The van der Waals surface area contributed by atoms with E-state index >= 15 is 8.78 Å². The van der Waals surface area contributed by atoms with Gasteiger partial charge in [0.2, 0.25) is 0 Å². The first kappa shape index (κ1) is 37.8. The van der Waals surface area contributed by atoms with E-state index in [1.165, 1.54) is 18.9 Å². The fourth-order valence-corrected chi connectivity index (χ4v) is 5.52. The minimum Gasteiger partial charge on any atom is -0.429 e. The summed E-state index contributed by atoms with van der Waals surface area (Å²) >= 11 is 0. The summed E-state index contributed by atoms with van der Waals surface area (Å²) in [5.74, 6) is -7.01. The quantitative estimate of drug-likeness (QED) is 0.102. The highest BCUT2D eigenvalue weighted by molar-refractivity contribution is 5.84. The van der Waals surface area contributed by atoms with Gasteiger partial charge in [-0.25, -0.2) is 4.79 Å². The van der Waals surface area contributed by atoms with Crippen molar-refractivity contribution in [3.8, 4) is 0 Å². The number of rotatable bonds is 19. The van der Waals surface area contributed by atoms with Crippen LogP contribution in [0.2, 0.25) is 0 Å². The summed E-state index contributed by atoms with van der Waals surface area (Å²) in [6.07, 6.45) is 1.67. The molecular formula is C34H51F2NO9. The zero-order valence-electron chi connectivity index (χ0n) is 27.3. The molecule has 0 aliphatic carbocycles. The van der Waals surface area contributed by atoms with E-state index in [0.29, 0.717) is 18.4 Å². The molecule has 3 rings (SSSR count). The Bertz CT molecular complexity index is 1070. The van der Waals surface area contributed by atoms with Crippen molar-refractivity contribution in [2.45, 2.75) is 140 Å². The number of unbranched alkanes of at least 4 members (excludes halogenated alkanes) is 8. The summed E-state index contributed by atoms with van der Waals surface area (Å²) < 4.78 is 64.9. The first-order valence-electron chi connectivity index (χ1n) is 16.4. The largest absolute Gasteiger partial charge is 0.509 e. The van der Waals surface area contributed by atoms with Crippen molar-refractivity contribution in [2.24, 2.45) is 0 Å². The van der Waals surface area contributed by atoms with E-state index < -0.39 is 60.5 Å². The molecule has 1 aromatic carbocycles. The van der Waals surface area contributed by atoms with Crippen LogP contribution in [0.3, 0.4) is 0 Å². The maximum atomic E-state index is 15.9. The number of halogens is 2. The van der Waals surface area contributed by atoms with Gasteiger partial charge in [0.1, 0.15) is 31.0 Å². The van der Waals surface area contributed by atoms with Crippen molar-refractivity contribution in [1.82, 2.24) is 5.32 Å².